The molecule has 3 heterocycles. The monoisotopic (exact) mass is 266 g/mol. The van der Waals surface area contributed by atoms with Gasteiger partial charge in [0.05, 0.1) is 22.3 Å². The molecule has 0 saturated carbocycles. The fraction of sp³-hybridized carbons (Fsp3) is 0. The lowest BCUT2D eigenvalue weighted by atomic mass is 10.0. The van der Waals surface area contributed by atoms with E-state index in [1.807, 2.05) is 12.1 Å². The molecule has 98 valence electrons. The van der Waals surface area contributed by atoms with Crippen molar-refractivity contribution in [1.29, 1.82) is 0 Å². The third kappa shape index (κ3) is 1.45. The number of carbonyl (C=O) groups excluding carboxylic acids is 1. The van der Waals surface area contributed by atoms with Crippen molar-refractivity contribution < 1.29 is 4.79 Å². The van der Waals surface area contributed by atoms with E-state index in [1.165, 1.54) is 0 Å². The van der Waals surface area contributed by atoms with E-state index in [0.717, 1.165) is 11.3 Å². The number of aromatic nitrogens is 3. The topological polar surface area (TPSA) is 93.5 Å². The molecule has 0 aliphatic carbocycles. The third-order valence-corrected chi connectivity index (χ3v) is 3.38. The lowest BCUT2D eigenvalue weighted by Crippen LogP contribution is -2.03. The normalized spacial score (nSPS) is 15.8. The molecule has 1 amide bonds. The van der Waals surface area contributed by atoms with Crippen LogP contribution in [0.5, 0.6) is 0 Å². The van der Waals surface area contributed by atoms with Crippen LogP contribution in [-0.2, 0) is 4.79 Å². The van der Waals surface area contributed by atoms with Crippen molar-refractivity contribution in [3.05, 3.63) is 52.2 Å². The van der Waals surface area contributed by atoms with Crippen LogP contribution in [0.4, 0.5) is 5.69 Å². The van der Waals surface area contributed by atoms with Gasteiger partial charge >= 0.3 is 5.69 Å². The van der Waals surface area contributed by atoms with E-state index in [0.29, 0.717) is 22.3 Å². The SMILES string of the molecule is O=C1Nc2ccc3[nH]c(=O)[nH]c3c2/C1=C/c1ccc[nH]1. The Bertz CT molecular complexity index is 912. The second-order valence-electron chi connectivity index (χ2n) is 4.63. The van der Waals surface area contributed by atoms with Crippen molar-refractivity contribution in [3.8, 4) is 0 Å². The highest BCUT2D eigenvalue weighted by molar-refractivity contribution is 6.37. The fourth-order valence-electron chi connectivity index (χ4n) is 2.52. The molecule has 4 N–H and O–H groups in total. The summed E-state index contributed by atoms with van der Waals surface area (Å²) < 4.78 is 0. The first-order chi connectivity index (χ1) is 9.72. The van der Waals surface area contributed by atoms with E-state index in [-0.39, 0.29) is 11.6 Å². The van der Waals surface area contributed by atoms with Crippen LogP contribution in [0.1, 0.15) is 11.3 Å². The Morgan fingerprint density at radius 1 is 1.05 bits per heavy atom. The Balaban J connectivity index is 2.03. The molecule has 6 heteroatoms. The second-order valence-corrected chi connectivity index (χ2v) is 4.63. The molecular formula is C14H10N4O2. The zero-order chi connectivity index (χ0) is 13.7. The van der Waals surface area contributed by atoms with Gasteiger partial charge in [-0.1, -0.05) is 0 Å². The molecule has 1 aliphatic rings. The summed E-state index contributed by atoms with van der Waals surface area (Å²) in [6, 6.07) is 7.29. The van der Waals surface area contributed by atoms with Gasteiger partial charge in [-0.15, -0.1) is 0 Å². The largest absolute Gasteiger partial charge is 0.362 e. The minimum Gasteiger partial charge on any atom is -0.362 e. The van der Waals surface area contributed by atoms with Gasteiger partial charge in [-0.05, 0) is 30.3 Å². The summed E-state index contributed by atoms with van der Waals surface area (Å²) in [6.45, 7) is 0. The first-order valence-corrected chi connectivity index (χ1v) is 6.14. The van der Waals surface area contributed by atoms with Crippen LogP contribution in [-0.4, -0.2) is 20.9 Å². The van der Waals surface area contributed by atoms with Crippen LogP contribution in [0.2, 0.25) is 0 Å². The average Bonchev–Trinajstić information content (AvgIpc) is 3.09. The third-order valence-electron chi connectivity index (χ3n) is 3.38. The first kappa shape index (κ1) is 10.9. The first-order valence-electron chi connectivity index (χ1n) is 6.14. The lowest BCUT2D eigenvalue weighted by Gasteiger charge is -1.99. The molecule has 1 aromatic carbocycles. The smallest absolute Gasteiger partial charge is 0.323 e. The summed E-state index contributed by atoms with van der Waals surface area (Å²) in [4.78, 5) is 32.0. The Kier molecular flexibility index (Phi) is 2.03. The number of imidazole rings is 1. The number of amides is 1. The second kappa shape index (κ2) is 3.74. The van der Waals surface area contributed by atoms with Gasteiger partial charge in [0, 0.05) is 17.5 Å². The number of anilines is 1. The zero-order valence-electron chi connectivity index (χ0n) is 10.3. The number of carbonyl (C=O) groups is 1. The number of benzene rings is 1. The van der Waals surface area contributed by atoms with Gasteiger partial charge in [0.25, 0.3) is 5.91 Å². The molecular weight excluding hydrogens is 256 g/mol. The average molecular weight is 266 g/mol. The number of H-pyrrole nitrogens is 3. The summed E-state index contributed by atoms with van der Waals surface area (Å²) >= 11 is 0. The summed E-state index contributed by atoms with van der Waals surface area (Å²) in [5.41, 5.74) is 3.83. The Hall–Kier alpha value is -3.02. The molecule has 20 heavy (non-hydrogen) atoms. The summed E-state index contributed by atoms with van der Waals surface area (Å²) in [6.07, 6.45) is 3.56. The highest BCUT2D eigenvalue weighted by atomic mass is 16.2. The lowest BCUT2D eigenvalue weighted by molar-refractivity contribution is -0.110. The van der Waals surface area contributed by atoms with Crippen molar-refractivity contribution in [3.63, 3.8) is 0 Å². The van der Waals surface area contributed by atoms with Crippen LogP contribution in [0.3, 0.4) is 0 Å². The predicted molar refractivity (Wildman–Crippen MR) is 76.2 cm³/mol. The number of hydrogen-bond donors (Lipinski definition) is 4. The van der Waals surface area contributed by atoms with E-state index in [1.54, 1.807) is 24.4 Å². The van der Waals surface area contributed by atoms with Gasteiger partial charge in [-0.2, -0.15) is 0 Å². The van der Waals surface area contributed by atoms with Gasteiger partial charge in [-0.3, -0.25) is 4.79 Å². The van der Waals surface area contributed by atoms with Crippen molar-refractivity contribution >= 4 is 34.3 Å². The molecule has 0 bridgehead atoms. The number of rotatable bonds is 1. The zero-order valence-corrected chi connectivity index (χ0v) is 10.3. The van der Waals surface area contributed by atoms with Gasteiger partial charge in [0.1, 0.15) is 0 Å². The molecule has 4 rings (SSSR count). The van der Waals surface area contributed by atoms with E-state index in [4.69, 9.17) is 0 Å². The van der Waals surface area contributed by atoms with Crippen molar-refractivity contribution in [2.45, 2.75) is 0 Å². The number of aromatic amines is 3. The minimum absolute atomic E-state index is 0.177. The fourth-order valence-corrected chi connectivity index (χ4v) is 2.52. The van der Waals surface area contributed by atoms with Crippen LogP contribution >= 0.6 is 0 Å². The van der Waals surface area contributed by atoms with Crippen LogP contribution < -0.4 is 11.0 Å². The van der Waals surface area contributed by atoms with Crippen molar-refractivity contribution in [1.82, 2.24) is 15.0 Å². The summed E-state index contributed by atoms with van der Waals surface area (Å²) in [5.74, 6) is -0.177. The molecule has 0 unspecified atom stereocenters. The van der Waals surface area contributed by atoms with Crippen LogP contribution in [0, 0.1) is 0 Å². The summed E-state index contributed by atoms with van der Waals surface area (Å²) in [5, 5.41) is 2.80. The molecule has 0 atom stereocenters. The van der Waals surface area contributed by atoms with Crippen molar-refractivity contribution in [2.75, 3.05) is 5.32 Å². The summed E-state index contributed by atoms with van der Waals surface area (Å²) in [7, 11) is 0. The van der Waals surface area contributed by atoms with E-state index < -0.39 is 0 Å². The van der Waals surface area contributed by atoms with Gasteiger partial charge in [-0.25, -0.2) is 4.79 Å². The molecule has 2 aromatic heterocycles. The van der Waals surface area contributed by atoms with Gasteiger partial charge in [0.15, 0.2) is 0 Å². The number of hydrogen-bond acceptors (Lipinski definition) is 2. The maximum Gasteiger partial charge on any atom is 0.323 e. The molecule has 0 radical (unpaired) electrons. The van der Waals surface area contributed by atoms with Gasteiger partial charge < -0.3 is 20.3 Å². The molecule has 3 aromatic rings. The standard InChI is InChI=1S/C14H10N4O2/c19-13-8(6-7-2-1-5-15-7)11-9(16-13)3-4-10-12(11)18-14(20)17-10/h1-6,15H,(H,16,19)(H2,17,18,20)/b8-6-. The van der Waals surface area contributed by atoms with Crippen molar-refractivity contribution in [2.24, 2.45) is 0 Å². The predicted octanol–water partition coefficient (Wildman–Crippen LogP) is 1.68. The highest BCUT2D eigenvalue weighted by Crippen LogP contribution is 2.36. The van der Waals surface area contributed by atoms with E-state index in [9.17, 15) is 9.59 Å². The quantitative estimate of drug-likeness (QED) is 0.504. The minimum atomic E-state index is -0.285. The molecule has 0 saturated heterocycles. The Labute approximate surface area is 112 Å². The van der Waals surface area contributed by atoms with Gasteiger partial charge in [0.2, 0.25) is 0 Å². The maximum atomic E-state index is 12.1. The van der Waals surface area contributed by atoms with Crippen LogP contribution in [0.15, 0.2) is 35.3 Å². The van der Waals surface area contributed by atoms with E-state index in [2.05, 4.69) is 20.3 Å². The van der Waals surface area contributed by atoms with E-state index >= 15 is 0 Å². The molecule has 0 spiro atoms. The molecule has 1 aliphatic heterocycles. The van der Waals surface area contributed by atoms with Crippen LogP contribution in [0.25, 0.3) is 22.7 Å². The molecule has 6 nitrogen and oxygen atoms in total. The number of nitrogens with one attached hydrogen (secondary N) is 4. The Morgan fingerprint density at radius 2 is 1.95 bits per heavy atom. The maximum absolute atomic E-state index is 12.1. The highest BCUT2D eigenvalue weighted by Gasteiger charge is 2.27. The Morgan fingerprint density at radius 3 is 2.75 bits per heavy atom. The molecule has 0 fully saturated rings. The number of fused-ring (bicyclic) bond motifs is 3.